The zero-order valence-electron chi connectivity index (χ0n) is 9.83. The molecule has 0 aromatic carbocycles. The van der Waals surface area contributed by atoms with Gasteiger partial charge in [-0.05, 0) is 38.6 Å². The Morgan fingerprint density at radius 1 is 1.33 bits per heavy atom. The Labute approximate surface area is 92.2 Å². The number of hydrogen-bond donors (Lipinski definition) is 1. The Bertz CT molecular complexity index is 236. The van der Waals surface area contributed by atoms with Crippen molar-refractivity contribution in [3.05, 3.63) is 0 Å². The van der Waals surface area contributed by atoms with Gasteiger partial charge in [0.1, 0.15) is 0 Å². The molecule has 2 aliphatic rings. The molecule has 3 unspecified atom stereocenters. The molecule has 3 nitrogen and oxygen atoms in total. The van der Waals surface area contributed by atoms with Gasteiger partial charge in [0.25, 0.3) is 0 Å². The van der Waals surface area contributed by atoms with Gasteiger partial charge < -0.3 is 10.2 Å². The quantitative estimate of drug-likeness (QED) is 0.706. The highest BCUT2D eigenvalue weighted by Gasteiger charge is 2.32. The lowest BCUT2D eigenvalue weighted by atomic mass is 9.92. The first-order valence-corrected chi connectivity index (χ1v) is 6.19. The molecule has 1 amide bonds. The predicted octanol–water partition coefficient (Wildman–Crippen LogP) is 1.24. The van der Waals surface area contributed by atoms with Gasteiger partial charge in [-0.1, -0.05) is 6.92 Å². The van der Waals surface area contributed by atoms with E-state index in [1.54, 1.807) is 0 Å². The molecular weight excluding hydrogens is 188 g/mol. The number of nitrogens with one attached hydrogen (secondary N) is 1. The minimum absolute atomic E-state index is 0.251. The molecule has 0 aromatic heterocycles. The largest absolute Gasteiger partial charge is 0.340 e. The van der Waals surface area contributed by atoms with E-state index in [9.17, 15) is 4.79 Å². The molecular formula is C12H22N2O. The third kappa shape index (κ3) is 2.33. The number of carbonyl (C=O) groups is 1. The molecule has 3 heteroatoms. The van der Waals surface area contributed by atoms with Gasteiger partial charge in [0.05, 0.1) is 5.92 Å². The average Bonchev–Trinajstić information content (AvgIpc) is 2.69. The van der Waals surface area contributed by atoms with Crippen molar-refractivity contribution >= 4 is 5.91 Å². The molecule has 1 N–H and O–H groups in total. The second-order valence-electron chi connectivity index (χ2n) is 5.20. The van der Waals surface area contributed by atoms with Crippen molar-refractivity contribution in [1.82, 2.24) is 10.2 Å². The van der Waals surface area contributed by atoms with Crippen molar-refractivity contribution in [1.29, 1.82) is 0 Å². The number of rotatable bonds is 1. The van der Waals surface area contributed by atoms with E-state index in [0.29, 0.717) is 11.9 Å². The summed E-state index contributed by atoms with van der Waals surface area (Å²) >= 11 is 0. The van der Waals surface area contributed by atoms with Crippen LogP contribution in [0.5, 0.6) is 0 Å². The summed E-state index contributed by atoms with van der Waals surface area (Å²) in [5.74, 6) is 1.42. The standard InChI is InChI=1S/C12H22N2O/c1-9-4-6-14(10(2)7-9)12(15)11-3-5-13-8-11/h9-11,13H,3-8H2,1-2H3. The van der Waals surface area contributed by atoms with Crippen LogP contribution in [0.1, 0.15) is 33.1 Å². The molecule has 3 atom stereocenters. The van der Waals surface area contributed by atoms with Crippen LogP contribution in [-0.2, 0) is 4.79 Å². The molecule has 0 bridgehead atoms. The first-order valence-electron chi connectivity index (χ1n) is 6.19. The Balaban J connectivity index is 1.94. The maximum Gasteiger partial charge on any atom is 0.227 e. The van der Waals surface area contributed by atoms with Crippen LogP contribution in [-0.4, -0.2) is 36.5 Å². The lowest BCUT2D eigenvalue weighted by molar-refractivity contribution is -0.138. The molecule has 2 fully saturated rings. The van der Waals surface area contributed by atoms with Gasteiger partial charge in [0.15, 0.2) is 0 Å². The summed E-state index contributed by atoms with van der Waals surface area (Å²) in [5, 5.41) is 3.27. The van der Waals surface area contributed by atoms with Crippen molar-refractivity contribution in [2.45, 2.75) is 39.2 Å². The molecule has 86 valence electrons. The van der Waals surface area contributed by atoms with E-state index in [1.807, 2.05) is 0 Å². The Hall–Kier alpha value is -0.570. The van der Waals surface area contributed by atoms with Gasteiger partial charge in [-0.2, -0.15) is 0 Å². The lowest BCUT2D eigenvalue weighted by Crippen LogP contribution is -2.47. The summed E-state index contributed by atoms with van der Waals surface area (Å²) in [7, 11) is 0. The highest BCUT2D eigenvalue weighted by Crippen LogP contribution is 2.24. The summed E-state index contributed by atoms with van der Waals surface area (Å²) in [6, 6.07) is 0.446. The number of carbonyl (C=O) groups excluding carboxylic acids is 1. The summed E-state index contributed by atoms with van der Waals surface area (Å²) in [4.78, 5) is 14.3. The van der Waals surface area contributed by atoms with Gasteiger partial charge in [-0.3, -0.25) is 4.79 Å². The van der Waals surface area contributed by atoms with Crippen molar-refractivity contribution < 1.29 is 4.79 Å². The van der Waals surface area contributed by atoms with E-state index >= 15 is 0 Å². The molecule has 0 aromatic rings. The Morgan fingerprint density at radius 2 is 2.13 bits per heavy atom. The topological polar surface area (TPSA) is 32.3 Å². The fourth-order valence-corrected chi connectivity index (χ4v) is 2.83. The summed E-state index contributed by atoms with van der Waals surface area (Å²) < 4.78 is 0. The summed E-state index contributed by atoms with van der Waals surface area (Å²) in [6.45, 7) is 7.34. The second-order valence-corrected chi connectivity index (χ2v) is 5.20. The van der Waals surface area contributed by atoms with Crippen molar-refractivity contribution in [3.8, 4) is 0 Å². The Morgan fingerprint density at radius 3 is 2.73 bits per heavy atom. The van der Waals surface area contributed by atoms with Gasteiger partial charge >= 0.3 is 0 Å². The van der Waals surface area contributed by atoms with E-state index in [-0.39, 0.29) is 5.92 Å². The van der Waals surface area contributed by atoms with Crippen LogP contribution in [0, 0.1) is 11.8 Å². The maximum atomic E-state index is 12.2. The van der Waals surface area contributed by atoms with E-state index in [0.717, 1.165) is 32.0 Å². The maximum absolute atomic E-state index is 12.2. The van der Waals surface area contributed by atoms with Gasteiger partial charge in [0, 0.05) is 19.1 Å². The van der Waals surface area contributed by atoms with Crippen molar-refractivity contribution in [2.24, 2.45) is 11.8 Å². The van der Waals surface area contributed by atoms with Gasteiger partial charge in [0.2, 0.25) is 5.91 Å². The third-order valence-corrected chi connectivity index (χ3v) is 3.83. The molecule has 0 spiro atoms. The van der Waals surface area contributed by atoms with E-state index in [1.165, 1.54) is 12.8 Å². The molecule has 0 saturated carbocycles. The van der Waals surface area contributed by atoms with Gasteiger partial charge in [-0.25, -0.2) is 0 Å². The molecule has 0 aliphatic carbocycles. The molecule has 2 aliphatic heterocycles. The van der Waals surface area contributed by atoms with Crippen molar-refractivity contribution in [3.63, 3.8) is 0 Å². The van der Waals surface area contributed by atoms with Gasteiger partial charge in [-0.15, -0.1) is 0 Å². The van der Waals surface area contributed by atoms with Crippen LogP contribution < -0.4 is 5.32 Å². The minimum atomic E-state index is 0.251. The predicted molar refractivity (Wildman–Crippen MR) is 60.5 cm³/mol. The highest BCUT2D eigenvalue weighted by molar-refractivity contribution is 5.79. The Kier molecular flexibility index (Phi) is 3.29. The van der Waals surface area contributed by atoms with Crippen LogP contribution >= 0.6 is 0 Å². The second kappa shape index (κ2) is 4.52. The monoisotopic (exact) mass is 210 g/mol. The molecule has 2 heterocycles. The number of amides is 1. The van der Waals surface area contributed by atoms with Crippen LogP contribution in [0.3, 0.4) is 0 Å². The lowest BCUT2D eigenvalue weighted by Gasteiger charge is -2.37. The number of nitrogens with zero attached hydrogens (tertiary/aromatic N) is 1. The zero-order chi connectivity index (χ0) is 10.8. The number of piperidine rings is 1. The summed E-state index contributed by atoms with van der Waals surface area (Å²) in [6.07, 6.45) is 3.37. The van der Waals surface area contributed by atoms with Crippen molar-refractivity contribution in [2.75, 3.05) is 19.6 Å². The fourth-order valence-electron chi connectivity index (χ4n) is 2.83. The van der Waals surface area contributed by atoms with Crippen LogP contribution in [0.25, 0.3) is 0 Å². The summed E-state index contributed by atoms with van der Waals surface area (Å²) in [5.41, 5.74) is 0. The minimum Gasteiger partial charge on any atom is -0.340 e. The van der Waals surface area contributed by atoms with E-state index in [2.05, 4.69) is 24.1 Å². The number of hydrogen-bond acceptors (Lipinski definition) is 2. The van der Waals surface area contributed by atoms with E-state index in [4.69, 9.17) is 0 Å². The first-order chi connectivity index (χ1) is 7.18. The third-order valence-electron chi connectivity index (χ3n) is 3.83. The normalized spacial score (nSPS) is 36.9. The molecule has 15 heavy (non-hydrogen) atoms. The number of likely N-dealkylation sites (tertiary alicyclic amines) is 1. The highest BCUT2D eigenvalue weighted by atomic mass is 16.2. The van der Waals surface area contributed by atoms with Crippen LogP contribution in [0.2, 0.25) is 0 Å². The van der Waals surface area contributed by atoms with E-state index < -0.39 is 0 Å². The molecule has 0 radical (unpaired) electrons. The van der Waals surface area contributed by atoms with Crippen LogP contribution in [0.4, 0.5) is 0 Å². The molecule has 2 rings (SSSR count). The van der Waals surface area contributed by atoms with Crippen LogP contribution in [0.15, 0.2) is 0 Å². The smallest absolute Gasteiger partial charge is 0.227 e. The first kappa shape index (κ1) is 10.9. The molecule has 2 saturated heterocycles. The average molecular weight is 210 g/mol. The SMILES string of the molecule is CC1CCN(C(=O)C2CCNC2)C(C)C1. The fraction of sp³-hybridized carbons (Fsp3) is 0.917. The zero-order valence-corrected chi connectivity index (χ0v) is 9.83.